The van der Waals surface area contributed by atoms with Crippen LogP contribution < -0.4 is 4.74 Å². The van der Waals surface area contributed by atoms with Gasteiger partial charge in [0.1, 0.15) is 5.75 Å². The number of rotatable bonds is 5. The third-order valence-corrected chi connectivity index (χ3v) is 5.78. The fraction of sp³-hybridized carbons (Fsp3) is 0.0800. The Hall–Kier alpha value is -4.30. The number of hydrogen-bond donors (Lipinski definition) is 0. The van der Waals surface area contributed by atoms with Gasteiger partial charge in [-0.1, -0.05) is 41.0 Å². The maximum Gasteiger partial charge on any atom is 0.340 e. The summed E-state index contributed by atoms with van der Waals surface area (Å²) in [6, 6.07) is 16.3. The minimum atomic E-state index is -0.789. The van der Waals surface area contributed by atoms with E-state index in [2.05, 4.69) is 10.1 Å². The van der Waals surface area contributed by atoms with Gasteiger partial charge in [0.05, 0.1) is 23.3 Å². The highest BCUT2D eigenvalue weighted by Gasteiger charge is 2.33. The van der Waals surface area contributed by atoms with Crippen LogP contribution in [0.2, 0.25) is 5.02 Å². The molecular weight excluding hydrogens is 460 g/mol. The zero-order valence-electron chi connectivity index (χ0n) is 17.7. The minimum Gasteiger partial charge on any atom is -0.497 e. The van der Waals surface area contributed by atoms with Crippen molar-refractivity contribution >= 4 is 29.1 Å². The number of esters is 1. The van der Waals surface area contributed by atoms with E-state index >= 15 is 0 Å². The number of methoxy groups -OCH3 is 1. The predicted octanol–water partition coefficient (Wildman–Crippen LogP) is 4.53. The number of hydrogen-bond acceptors (Lipinski definition) is 8. The fourth-order valence-corrected chi connectivity index (χ4v) is 4.00. The summed E-state index contributed by atoms with van der Waals surface area (Å²) >= 11 is 6.40. The fourth-order valence-electron chi connectivity index (χ4n) is 3.68. The lowest BCUT2D eigenvalue weighted by Crippen LogP contribution is -2.22. The monoisotopic (exact) mass is 474 g/mol. The van der Waals surface area contributed by atoms with Crippen LogP contribution in [0.1, 0.15) is 48.0 Å². The van der Waals surface area contributed by atoms with Gasteiger partial charge in [-0.3, -0.25) is 9.59 Å². The van der Waals surface area contributed by atoms with Gasteiger partial charge >= 0.3 is 5.97 Å². The highest BCUT2D eigenvalue weighted by Crippen LogP contribution is 2.34. The average molecular weight is 475 g/mol. The molecule has 0 radical (unpaired) electrons. The molecule has 0 atom stereocenters. The highest BCUT2D eigenvalue weighted by atomic mass is 35.5. The van der Waals surface area contributed by atoms with Crippen molar-refractivity contribution in [3.63, 3.8) is 0 Å². The Morgan fingerprint density at radius 2 is 1.65 bits per heavy atom. The molecule has 0 aliphatic heterocycles. The van der Waals surface area contributed by atoms with E-state index in [0.29, 0.717) is 16.9 Å². The first-order chi connectivity index (χ1) is 16.5. The van der Waals surface area contributed by atoms with Gasteiger partial charge in [0.25, 0.3) is 5.89 Å². The standard InChI is InChI=1S/C25H15ClN2O6/c1-32-14-8-6-13(7-9-14)24-27-19(28-34-24)12-33-25(31)18-11-10-17-20(21(18)26)23(30)16-5-3-2-4-15(16)22(17)29/h2-11H,12H2,1H3. The number of carbonyl (C=O) groups is 3. The molecule has 9 heteroatoms. The summed E-state index contributed by atoms with van der Waals surface area (Å²) in [6.45, 7) is -0.276. The number of halogens is 1. The van der Waals surface area contributed by atoms with Crippen LogP contribution in [0.15, 0.2) is 65.2 Å². The van der Waals surface area contributed by atoms with Gasteiger partial charge in [-0.25, -0.2) is 4.79 Å². The normalized spacial score (nSPS) is 12.2. The summed E-state index contributed by atoms with van der Waals surface area (Å²) in [6.07, 6.45) is 0. The molecule has 0 saturated heterocycles. The molecular formula is C25H15ClN2O6. The van der Waals surface area contributed by atoms with Crippen molar-refractivity contribution in [2.24, 2.45) is 0 Å². The second-order valence-electron chi connectivity index (χ2n) is 7.37. The van der Waals surface area contributed by atoms with Gasteiger partial charge in [0.2, 0.25) is 5.82 Å². The molecule has 4 aromatic rings. The maximum atomic E-state index is 13.0. The Bertz CT molecular complexity index is 1460. The molecule has 168 valence electrons. The van der Waals surface area contributed by atoms with Crippen molar-refractivity contribution in [3.8, 4) is 17.2 Å². The van der Waals surface area contributed by atoms with Crippen molar-refractivity contribution in [1.82, 2.24) is 10.1 Å². The molecule has 1 aliphatic carbocycles. The molecule has 1 aliphatic rings. The summed E-state index contributed by atoms with van der Waals surface area (Å²) in [5, 5.41) is 3.68. The number of benzene rings is 3. The van der Waals surface area contributed by atoms with Crippen LogP contribution in [0.5, 0.6) is 5.75 Å². The maximum absolute atomic E-state index is 13.0. The molecule has 0 bridgehead atoms. The SMILES string of the molecule is COc1ccc(-c2nc(COC(=O)c3ccc4c(c3Cl)C(=O)c3ccccc3C4=O)no2)cc1. The first-order valence-corrected chi connectivity index (χ1v) is 10.5. The first-order valence-electron chi connectivity index (χ1n) is 10.1. The number of ether oxygens (including phenoxy) is 2. The van der Waals surface area contributed by atoms with Crippen LogP contribution in [0.4, 0.5) is 0 Å². The Kier molecular flexibility index (Phi) is 5.43. The molecule has 34 heavy (non-hydrogen) atoms. The predicted molar refractivity (Wildman–Crippen MR) is 120 cm³/mol. The van der Waals surface area contributed by atoms with Crippen molar-refractivity contribution in [1.29, 1.82) is 0 Å². The van der Waals surface area contributed by atoms with Crippen molar-refractivity contribution < 1.29 is 28.4 Å². The molecule has 0 amide bonds. The Balaban J connectivity index is 1.35. The van der Waals surface area contributed by atoms with Gasteiger partial charge in [0, 0.05) is 22.3 Å². The molecule has 0 N–H and O–H groups in total. The highest BCUT2D eigenvalue weighted by molar-refractivity contribution is 6.41. The van der Waals surface area contributed by atoms with Crippen LogP contribution in [0.25, 0.3) is 11.5 Å². The summed E-state index contributed by atoms with van der Waals surface area (Å²) < 4.78 is 15.6. The second-order valence-corrected chi connectivity index (χ2v) is 7.75. The van der Waals surface area contributed by atoms with E-state index in [0.717, 1.165) is 0 Å². The summed E-state index contributed by atoms with van der Waals surface area (Å²) in [7, 11) is 1.57. The lowest BCUT2D eigenvalue weighted by atomic mass is 9.83. The van der Waals surface area contributed by atoms with Gasteiger partial charge < -0.3 is 14.0 Å². The Morgan fingerprint density at radius 3 is 2.35 bits per heavy atom. The van der Waals surface area contributed by atoms with Crippen molar-refractivity contribution in [2.75, 3.05) is 7.11 Å². The second kappa shape index (κ2) is 8.57. The Labute approximate surface area is 198 Å². The number of carbonyl (C=O) groups excluding carboxylic acids is 3. The van der Waals surface area contributed by atoms with Gasteiger partial charge in [-0.05, 0) is 36.4 Å². The van der Waals surface area contributed by atoms with Crippen LogP contribution in [-0.2, 0) is 11.3 Å². The summed E-state index contributed by atoms with van der Waals surface area (Å²) in [4.78, 5) is 42.7. The van der Waals surface area contributed by atoms with Crippen LogP contribution in [0, 0.1) is 0 Å². The molecule has 1 aromatic heterocycles. The van der Waals surface area contributed by atoms with E-state index in [1.807, 2.05) is 0 Å². The summed E-state index contributed by atoms with van der Waals surface area (Å²) in [5.41, 5.74) is 1.31. The van der Waals surface area contributed by atoms with Crippen LogP contribution in [-0.4, -0.2) is 34.8 Å². The molecule has 0 spiro atoms. The minimum absolute atomic E-state index is 0.0128. The summed E-state index contributed by atoms with van der Waals surface area (Å²) in [5.74, 6) is -0.459. The lowest BCUT2D eigenvalue weighted by Gasteiger charge is -2.19. The van der Waals surface area contributed by atoms with Gasteiger partial charge in [0.15, 0.2) is 18.2 Å². The molecule has 8 nitrogen and oxygen atoms in total. The van der Waals surface area contributed by atoms with Crippen LogP contribution >= 0.6 is 11.6 Å². The lowest BCUT2D eigenvalue weighted by molar-refractivity contribution is 0.0459. The number of aromatic nitrogens is 2. The van der Waals surface area contributed by atoms with E-state index in [9.17, 15) is 14.4 Å². The van der Waals surface area contributed by atoms with Crippen molar-refractivity contribution in [3.05, 3.63) is 99.3 Å². The smallest absolute Gasteiger partial charge is 0.340 e. The molecule has 0 saturated carbocycles. The molecule has 3 aromatic carbocycles. The Morgan fingerprint density at radius 1 is 0.941 bits per heavy atom. The van der Waals surface area contributed by atoms with E-state index in [1.54, 1.807) is 55.6 Å². The van der Waals surface area contributed by atoms with Crippen LogP contribution in [0.3, 0.4) is 0 Å². The zero-order valence-corrected chi connectivity index (χ0v) is 18.5. The average Bonchev–Trinajstić information content (AvgIpc) is 3.35. The van der Waals surface area contributed by atoms with Gasteiger partial charge in [-0.15, -0.1) is 0 Å². The molecule has 5 rings (SSSR count). The zero-order chi connectivity index (χ0) is 23.8. The third-order valence-electron chi connectivity index (χ3n) is 5.39. The quantitative estimate of drug-likeness (QED) is 0.342. The largest absolute Gasteiger partial charge is 0.497 e. The number of nitrogens with zero attached hydrogens (tertiary/aromatic N) is 2. The number of ketones is 2. The van der Waals surface area contributed by atoms with Gasteiger partial charge in [-0.2, -0.15) is 4.98 Å². The van der Waals surface area contributed by atoms with E-state index in [-0.39, 0.29) is 51.4 Å². The molecule has 1 heterocycles. The first kappa shape index (κ1) is 21.5. The van der Waals surface area contributed by atoms with E-state index in [4.69, 9.17) is 25.6 Å². The van der Waals surface area contributed by atoms with E-state index in [1.165, 1.54) is 12.1 Å². The topological polar surface area (TPSA) is 109 Å². The molecule has 0 fully saturated rings. The third kappa shape index (κ3) is 3.64. The number of fused-ring (bicyclic) bond motifs is 2. The molecule has 0 unspecified atom stereocenters. The van der Waals surface area contributed by atoms with Crippen molar-refractivity contribution in [2.45, 2.75) is 6.61 Å². The van der Waals surface area contributed by atoms with E-state index < -0.39 is 11.8 Å².